The number of nitrogens with zero attached hydrogens (tertiary/aromatic N) is 1. The molecular weight excluding hydrogens is 537 g/mol. The molecule has 0 aliphatic rings. The van der Waals surface area contributed by atoms with E-state index in [-0.39, 0.29) is 56.4 Å². The number of halogens is 2. The molecule has 1 rings (SSSR count). The minimum Gasteiger partial charge on any atom is -1.00 e. The van der Waals surface area contributed by atoms with Crippen LogP contribution in [0, 0.1) is 17.8 Å². The second-order valence-corrected chi connectivity index (χ2v) is 9.48. The molecule has 0 bridgehead atoms. The van der Waals surface area contributed by atoms with Crippen molar-refractivity contribution in [2.75, 3.05) is 46.6 Å². The van der Waals surface area contributed by atoms with Gasteiger partial charge in [0.1, 0.15) is 12.6 Å². The summed E-state index contributed by atoms with van der Waals surface area (Å²) >= 11 is 0. The predicted octanol–water partition coefficient (Wildman–Crippen LogP) is -7.24. The fourth-order valence-corrected chi connectivity index (χ4v) is 4.15. The average molecular weight is 585 g/mol. The SMILES string of the molecule is CCCC(C[NH3+])CC(CNC(=O)C(Cn1ccc(=O)c(O)c1)NC(=O)COCCOC)CC(C)C[NH3+].[Cl-].[Cl-]. The van der Waals surface area contributed by atoms with E-state index in [9.17, 15) is 19.5 Å². The van der Waals surface area contributed by atoms with Crippen LogP contribution in [-0.2, 0) is 25.6 Å². The molecule has 0 aromatic carbocycles. The minimum absolute atomic E-state index is 0. The summed E-state index contributed by atoms with van der Waals surface area (Å²) in [5, 5.41) is 15.5. The van der Waals surface area contributed by atoms with Crippen molar-refractivity contribution in [3.8, 4) is 5.75 Å². The van der Waals surface area contributed by atoms with Gasteiger partial charge in [-0.25, -0.2) is 0 Å². The average Bonchev–Trinajstić information content (AvgIpc) is 2.86. The third-order valence-electron chi connectivity index (χ3n) is 6.23. The molecule has 11 nitrogen and oxygen atoms in total. The highest BCUT2D eigenvalue weighted by Gasteiger charge is 2.24. The van der Waals surface area contributed by atoms with E-state index in [1.54, 1.807) is 0 Å². The van der Waals surface area contributed by atoms with Gasteiger partial charge in [0.2, 0.25) is 17.2 Å². The fourth-order valence-electron chi connectivity index (χ4n) is 4.15. The number of amides is 2. The number of rotatable bonds is 19. The van der Waals surface area contributed by atoms with Crippen LogP contribution < -0.4 is 52.3 Å². The third kappa shape index (κ3) is 15.5. The Bertz CT molecular complexity index is 845. The number of carbonyl (C=O) groups excluding carboxylic acids is 2. The summed E-state index contributed by atoms with van der Waals surface area (Å²) in [7, 11) is 1.54. The van der Waals surface area contributed by atoms with Gasteiger partial charge in [-0.1, -0.05) is 20.3 Å². The Balaban J connectivity index is 0. The zero-order valence-corrected chi connectivity index (χ0v) is 24.4. The summed E-state index contributed by atoms with van der Waals surface area (Å²) in [5.74, 6) is -0.00991. The van der Waals surface area contributed by atoms with Gasteiger partial charge in [0, 0.05) is 44.0 Å². The molecule has 1 heterocycles. The van der Waals surface area contributed by atoms with Crippen molar-refractivity contribution in [2.24, 2.45) is 17.8 Å². The molecule has 0 saturated heterocycles. The maximum Gasteiger partial charge on any atom is 0.246 e. The first kappa shape index (κ1) is 38.3. The number of aromatic nitrogens is 1. The third-order valence-corrected chi connectivity index (χ3v) is 6.23. The molecule has 0 saturated carbocycles. The van der Waals surface area contributed by atoms with Gasteiger partial charge in [0.15, 0.2) is 5.75 Å². The van der Waals surface area contributed by atoms with Crippen LogP contribution in [0.25, 0.3) is 0 Å². The smallest absolute Gasteiger partial charge is 0.246 e. The summed E-state index contributed by atoms with van der Waals surface area (Å²) in [5.41, 5.74) is 7.59. The lowest BCUT2D eigenvalue weighted by Gasteiger charge is -2.25. The Morgan fingerprint density at radius 3 is 2.42 bits per heavy atom. The highest BCUT2D eigenvalue weighted by atomic mass is 35.5. The summed E-state index contributed by atoms with van der Waals surface area (Å²) in [6, 6.07) is 0.290. The first-order chi connectivity index (χ1) is 17.2. The van der Waals surface area contributed by atoms with Crippen molar-refractivity contribution in [3.63, 3.8) is 0 Å². The first-order valence-electron chi connectivity index (χ1n) is 12.8. The van der Waals surface area contributed by atoms with Crippen LogP contribution in [-0.4, -0.2) is 74.1 Å². The van der Waals surface area contributed by atoms with E-state index in [0.29, 0.717) is 25.0 Å². The molecule has 0 aliphatic carbocycles. The predicted molar refractivity (Wildman–Crippen MR) is 136 cm³/mol. The molecule has 1 aromatic heterocycles. The summed E-state index contributed by atoms with van der Waals surface area (Å²) < 4.78 is 11.7. The van der Waals surface area contributed by atoms with Gasteiger partial charge in [0.05, 0.1) is 32.8 Å². The van der Waals surface area contributed by atoms with Crippen molar-refractivity contribution in [1.29, 1.82) is 0 Å². The van der Waals surface area contributed by atoms with Crippen molar-refractivity contribution >= 4 is 11.8 Å². The van der Waals surface area contributed by atoms with Crippen LogP contribution in [0.2, 0.25) is 0 Å². The number of pyridine rings is 1. The molecule has 2 amide bonds. The van der Waals surface area contributed by atoms with Crippen LogP contribution in [0.5, 0.6) is 5.75 Å². The zero-order valence-electron chi connectivity index (χ0n) is 22.9. The Morgan fingerprint density at radius 1 is 1.13 bits per heavy atom. The Kier molecular flexibility index (Phi) is 22.1. The monoisotopic (exact) mass is 583 g/mol. The van der Waals surface area contributed by atoms with E-state index in [2.05, 4.69) is 35.9 Å². The zero-order chi connectivity index (χ0) is 26.9. The standard InChI is InChI=1S/C25H45N5O6.2ClH/c1-4-5-19(13-27)11-20(10-18(2)12-26)14-28-25(34)21(29-24(33)17-36-9-8-35-3)15-30-7-6-22(31)23(32)16-30;;/h6-7,16,18-21,32H,4-5,8-15,17,26-27H2,1-3H3,(H,28,34)(H,29,33);2*1H. The summed E-state index contributed by atoms with van der Waals surface area (Å²) in [6.45, 7) is 6.93. The number of methoxy groups -OCH3 is 1. The highest BCUT2D eigenvalue weighted by Crippen LogP contribution is 2.22. The van der Waals surface area contributed by atoms with Gasteiger partial charge in [0.25, 0.3) is 0 Å². The Morgan fingerprint density at radius 2 is 1.84 bits per heavy atom. The minimum atomic E-state index is -0.921. The molecule has 9 N–H and O–H groups in total. The maximum absolute atomic E-state index is 13.2. The molecule has 0 fully saturated rings. The van der Waals surface area contributed by atoms with Gasteiger partial charge in [-0.05, 0) is 25.2 Å². The number of aromatic hydroxyl groups is 1. The number of quaternary nitrogens is 2. The van der Waals surface area contributed by atoms with Crippen molar-refractivity contribution < 1.29 is 60.5 Å². The topological polar surface area (TPSA) is 174 Å². The van der Waals surface area contributed by atoms with Crippen LogP contribution in [0.15, 0.2) is 23.3 Å². The van der Waals surface area contributed by atoms with Gasteiger partial charge in [-0.3, -0.25) is 14.4 Å². The molecule has 38 heavy (non-hydrogen) atoms. The molecular formula is C25H47Cl2N5O6. The van der Waals surface area contributed by atoms with Gasteiger partial charge in [-0.2, -0.15) is 0 Å². The van der Waals surface area contributed by atoms with Crippen LogP contribution >= 0.6 is 0 Å². The lowest BCUT2D eigenvalue weighted by molar-refractivity contribution is -0.381. The van der Waals surface area contributed by atoms with E-state index in [1.165, 1.54) is 30.1 Å². The molecule has 0 aliphatic heterocycles. The molecule has 13 heteroatoms. The van der Waals surface area contributed by atoms with Crippen molar-refractivity contribution in [3.05, 3.63) is 28.7 Å². The second kappa shape index (κ2) is 22.0. The van der Waals surface area contributed by atoms with Gasteiger partial charge < -0.3 is 66.1 Å². The summed E-state index contributed by atoms with van der Waals surface area (Å²) in [6.07, 6.45) is 6.82. The van der Waals surface area contributed by atoms with Crippen molar-refractivity contribution in [2.45, 2.75) is 52.1 Å². The quantitative estimate of drug-likeness (QED) is 0.101. The molecule has 0 spiro atoms. The lowest BCUT2D eigenvalue weighted by Crippen LogP contribution is -3.00. The van der Waals surface area contributed by atoms with E-state index in [4.69, 9.17) is 9.47 Å². The van der Waals surface area contributed by atoms with E-state index >= 15 is 0 Å². The van der Waals surface area contributed by atoms with E-state index in [0.717, 1.165) is 38.8 Å². The molecule has 4 atom stereocenters. The second-order valence-electron chi connectivity index (χ2n) is 9.48. The Labute approximate surface area is 238 Å². The van der Waals surface area contributed by atoms with E-state index < -0.39 is 23.1 Å². The highest BCUT2D eigenvalue weighted by molar-refractivity contribution is 5.88. The number of carbonyl (C=O) groups is 2. The lowest BCUT2D eigenvalue weighted by atomic mass is 9.85. The van der Waals surface area contributed by atoms with Crippen LogP contribution in [0.3, 0.4) is 0 Å². The number of hydrogen-bond acceptors (Lipinski definition) is 6. The summed E-state index contributed by atoms with van der Waals surface area (Å²) in [4.78, 5) is 37.2. The van der Waals surface area contributed by atoms with E-state index in [1.807, 2.05) is 0 Å². The van der Waals surface area contributed by atoms with Crippen LogP contribution in [0.4, 0.5) is 0 Å². The molecule has 0 radical (unpaired) electrons. The van der Waals surface area contributed by atoms with Gasteiger partial charge >= 0.3 is 0 Å². The first-order valence-corrected chi connectivity index (χ1v) is 12.8. The van der Waals surface area contributed by atoms with Gasteiger partial charge in [-0.15, -0.1) is 0 Å². The molecule has 1 aromatic rings. The van der Waals surface area contributed by atoms with Crippen molar-refractivity contribution in [1.82, 2.24) is 15.2 Å². The number of hydrogen-bond donors (Lipinski definition) is 5. The largest absolute Gasteiger partial charge is 1.00 e. The Hall–Kier alpha value is -1.89. The fraction of sp³-hybridized carbons (Fsp3) is 0.720. The van der Waals surface area contributed by atoms with Crippen LogP contribution in [0.1, 0.15) is 39.5 Å². The number of nitrogens with one attached hydrogen (secondary N) is 2. The number of ether oxygens (including phenoxy) is 2. The molecule has 4 unspecified atom stereocenters. The maximum atomic E-state index is 13.2. The normalized spacial score (nSPS) is 13.8. The molecule has 222 valence electrons.